The number of aryl methyl sites for hydroxylation is 2. The Kier molecular flexibility index (Phi) is 2.96. The average Bonchev–Trinajstić information content (AvgIpc) is 2.72. The lowest BCUT2D eigenvalue weighted by Crippen LogP contribution is -2.30. The number of nitrogens with one attached hydrogen (secondary N) is 1. The first-order valence-corrected chi connectivity index (χ1v) is 6.67. The number of imidazole rings is 1. The van der Waals surface area contributed by atoms with Gasteiger partial charge in [-0.25, -0.2) is 4.98 Å². The monoisotopic (exact) mass is 219 g/mol. The molecule has 1 saturated heterocycles. The summed E-state index contributed by atoms with van der Waals surface area (Å²) in [6.07, 6.45) is 10.0. The summed E-state index contributed by atoms with van der Waals surface area (Å²) in [5, 5.41) is 3.48. The largest absolute Gasteiger partial charge is 0.335 e. The molecule has 1 fully saturated rings. The predicted molar refractivity (Wildman–Crippen MR) is 64.5 cm³/mol. The molecule has 1 aromatic rings. The standard InChI is InChI=1S/C13H21N3/c1-2-7-16-10-12(15-13(16)5-1)8-11-4-3-6-14-9-11/h10-11,14H,1-9H2. The number of fused-ring (bicyclic) bond motifs is 1. The highest BCUT2D eigenvalue weighted by molar-refractivity contribution is 5.07. The molecule has 1 atom stereocenters. The maximum absolute atomic E-state index is 4.78. The van der Waals surface area contributed by atoms with E-state index in [0.717, 1.165) is 5.92 Å². The Balaban J connectivity index is 1.67. The molecule has 16 heavy (non-hydrogen) atoms. The van der Waals surface area contributed by atoms with Crippen molar-refractivity contribution in [1.82, 2.24) is 14.9 Å². The van der Waals surface area contributed by atoms with Gasteiger partial charge in [-0.15, -0.1) is 0 Å². The van der Waals surface area contributed by atoms with E-state index in [-0.39, 0.29) is 0 Å². The van der Waals surface area contributed by atoms with E-state index < -0.39 is 0 Å². The lowest BCUT2D eigenvalue weighted by Gasteiger charge is -2.21. The van der Waals surface area contributed by atoms with Crippen LogP contribution in [-0.4, -0.2) is 22.6 Å². The summed E-state index contributed by atoms with van der Waals surface area (Å²) in [4.78, 5) is 4.78. The smallest absolute Gasteiger partial charge is 0.108 e. The number of piperidine rings is 1. The predicted octanol–water partition coefficient (Wildman–Crippen LogP) is 1.76. The minimum Gasteiger partial charge on any atom is -0.335 e. The Hall–Kier alpha value is -0.830. The van der Waals surface area contributed by atoms with Crippen LogP contribution in [-0.2, 0) is 19.4 Å². The molecule has 1 N–H and O–H groups in total. The van der Waals surface area contributed by atoms with Crippen molar-refractivity contribution >= 4 is 0 Å². The Morgan fingerprint density at radius 1 is 1.38 bits per heavy atom. The highest BCUT2D eigenvalue weighted by Crippen LogP contribution is 2.19. The van der Waals surface area contributed by atoms with Crippen molar-refractivity contribution in [2.75, 3.05) is 13.1 Å². The molecule has 0 saturated carbocycles. The first-order valence-electron chi connectivity index (χ1n) is 6.67. The second-order valence-electron chi connectivity index (χ2n) is 5.22. The zero-order valence-corrected chi connectivity index (χ0v) is 9.91. The third-order valence-corrected chi connectivity index (χ3v) is 3.86. The summed E-state index contributed by atoms with van der Waals surface area (Å²) in [6, 6.07) is 0. The molecule has 0 aromatic carbocycles. The summed E-state index contributed by atoms with van der Waals surface area (Å²) in [7, 11) is 0. The quantitative estimate of drug-likeness (QED) is 0.821. The third kappa shape index (κ3) is 2.14. The molecular formula is C13H21N3. The summed E-state index contributed by atoms with van der Waals surface area (Å²) in [6.45, 7) is 3.57. The molecule has 3 rings (SSSR count). The minimum atomic E-state index is 0.811. The highest BCUT2D eigenvalue weighted by atomic mass is 15.1. The number of nitrogens with zero attached hydrogens (tertiary/aromatic N) is 2. The minimum absolute atomic E-state index is 0.811. The first-order chi connectivity index (χ1) is 7.92. The molecule has 0 amide bonds. The number of rotatable bonds is 2. The van der Waals surface area contributed by atoms with Gasteiger partial charge in [0.15, 0.2) is 0 Å². The van der Waals surface area contributed by atoms with Crippen LogP contribution < -0.4 is 5.32 Å². The van der Waals surface area contributed by atoms with Gasteiger partial charge in [0.2, 0.25) is 0 Å². The van der Waals surface area contributed by atoms with Crippen molar-refractivity contribution in [2.24, 2.45) is 5.92 Å². The molecule has 3 nitrogen and oxygen atoms in total. The van der Waals surface area contributed by atoms with Gasteiger partial charge in [0.25, 0.3) is 0 Å². The molecule has 0 aliphatic carbocycles. The van der Waals surface area contributed by atoms with E-state index in [1.807, 2.05) is 0 Å². The average molecular weight is 219 g/mol. The van der Waals surface area contributed by atoms with E-state index in [2.05, 4.69) is 16.1 Å². The van der Waals surface area contributed by atoms with Crippen LogP contribution in [0, 0.1) is 5.92 Å². The Labute approximate surface area is 97.3 Å². The second-order valence-corrected chi connectivity index (χ2v) is 5.22. The van der Waals surface area contributed by atoms with Crippen molar-refractivity contribution < 1.29 is 0 Å². The lowest BCUT2D eigenvalue weighted by atomic mass is 9.95. The zero-order chi connectivity index (χ0) is 10.8. The molecule has 2 aliphatic heterocycles. The van der Waals surface area contributed by atoms with Crippen LogP contribution in [0.25, 0.3) is 0 Å². The van der Waals surface area contributed by atoms with E-state index in [4.69, 9.17) is 4.98 Å². The number of hydrogen-bond acceptors (Lipinski definition) is 2. The fraction of sp³-hybridized carbons (Fsp3) is 0.769. The topological polar surface area (TPSA) is 29.9 Å². The molecule has 3 heterocycles. The molecule has 0 radical (unpaired) electrons. The van der Waals surface area contributed by atoms with E-state index in [1.54, 1.807) is 0 Å². The van der Waals surface area contributed by atoms with Crippen LogP contribution in [0.4, 0.5) is 0 Å². The summed E-state index contributed by atoms with van der Waals surface area (Å²) < 4.78 is 2.37. The van der Waals surface area contributed by atoms with Crippen molar-refractivity contribution in [2.45, 2.75) is 45.1 Å². The molecule has 3 heteroatoms. The van der Waals surface area contributed by atoms with Gasteiger partial charge in [0.05, 0.1) is 5.69 Å². The van der Waals surface area contributed by atoms with Gasteiger partial charge in [-0.3, -0.25) is 0 Å². The van der Waals surface area contributed by atoms with Crippen molar-refractivity contribution in [3.8, 4) is 0 Å². The Morgan fingerprint density at radius 3 is 3.19 bits per heavy atom. The van der Waals surface area contributed by atoms with Gasteiger partial charge in [0.1, 0.15) is 5.82 Å². The SMILES string of the molecule is c1c(CC2CCCNC2)nc2n1CCCC2. The molecule has 0 bridgehead atoms. The van der Waals surface area contributed by atoms with Crippen LogP contribution >= 0.6 is 0 Å². The first kappa shape index (κ1) is 10.3. The second kappa shape index (κ2) is 4.58. The van der Waals surface area contributed by atoms with Gasteiger partial charge in [-0.2, -0.15) is 0 Å². The summed E-state index contributed by atoms with van der Waals surface area (Å²) >= 11 is 0. The van der Waals surface area contributed by atoms with Gasteiger partial charge < -0.3 is 9.88 Å². The molecule has 1 aromatic heterocycles. The molecular weight excluding hydrogens is 198 g/mol. The van der Waals surface area contributed by atoms with Crippen LogP contribution in [0.1, 0.15) is 37.2 Å². The third-order valence-electron chi connectivity index (χ3n) is 3.86. The van der Waals surface area contributed by atoms with E-state index in [0.29, 0.717) is 0 Å². The van der Waals surface area contributed by atoms with E-state index >= 15 is 0 Å². The van der Waals surface area contributed by atoms with Gasteiger partial charge in [-0.1, -0.05) is 0 Å². The normalized spacial score (nSPS) is 25.4. The van der Waals surface area contributed by atoms with Crippen molar-refractivity contribution in [1.29, 1.82) is 0 Å². The van der Waals surface area contributed by atoms with E-state index in [1.165, 1.54) is 69.7 Å². The molecule has 2 aliphatic rings. The summed E-state index contributed by atoms with van der Waals surface area (Å²) in [5.41, 5.74) is 1.32. The van der Waals surface area contributed by atoms with Crippen molar-refractivity contribution in [3.05, 3.63) is 17.7 Å². The van der Waals surface area contributed by atoms with Gasteiger partial charge in [-0.05, 0) is 51.1 Å². The lowest BCUT2D eigenvalue weighted by molar-refractivity contribution is 0.374. The number of aromatic nitrogens is 2. The number of hydrogen-bond donors (Lipinski definition) is 1. The van der Waals surface area contributed by atoms with E-state index in [9.17, 15) is 0 Å². The van der Waals surface area contributed by atoms with Crippen molar-refractivity contribution in [3.63, 3.8) is 0 Å². The highest BCUT2D eigenvalue weighted by Gasteiger charge is 2.17. The summed E-state index contributed by atoms with van der Waals surface area (Å²) in [5.74, 6) is 2.13. The fourth-order valence-corrected chi connectivity index (χ4v) is 2.96. The van der Waals surface area contributed by atoms with Crippen LogP contribution in [0.3, 0.4) is 0 Å². The van der Waals surface area contributed by atoms with Crippen LogP contribution in [0.5, 0.6) is 0 Å². The molecule has 1 unspecified atom stereocenters. The molecule has 0 spiro atoms. The van der Waals surface area contributed by atoms with Gasteiger partial charge >= 0.3 is 0 Å². The maximum Gasteiger partial charge on any atom is 0.108 e. The maximum atomic E-state index is 4.78. The van der Waals surface area contributed by atoms with Crippen LogP contribution in [0.2, 0.25) is 0 Å². The Morgan fingerprint density at radius 2 is 2.38 bits per heavy atom. The van der Waals surface area contributed by atoms with Crippen LogP contribution in [0.15, 0.2) is 6.20 Å². The molecule has 88 valence electrons. The zero-order valence-electron chi connectivity index (χ0n) is 9.91. The van der Waals surface area contributed by atoms with Gasteiger partial charge in [0, 0.05) is 19.2 Å². The Bertz CT molecular complexity index is 327. The fourth-order valence-electron chi connectivity index (χ4n) is 2.96.